The van der Waals surface area contributed by atoms with Gasteiger partial charge in [0.25, 0.3) is 0 Å². The summed E-state index contributed by atoms with van der Waals surface area (Å²) in [5, 5.41) is 0.643. The second-order valence-electron chi connectivity index (χ2n) is 3.39. The second-order valence-corrected chi connectivity index (χ2v) is 4.20. The van der Waals surface area contributed by atoms with Crippen LogP contribution in [-0.4, -0.2) is 24.9 Å². The number of Topliss-reactive ketones (excluding diaryl/α,β-unsaturated/α-hetero) is 1. The van der Waals surface area contributed by atoms with Crippen molar-refractivity contribution in [2.75, 3.05) is 7.11 Å². The van der Waals surface area contributed by atoms with Crippen molar-refractivity contribution < 1.29 is 14.3 Å². The summed E-state index contributed by atoms with van der Waals surface area (Å²) in [5.74, 6) is -0.917. The van der Waals surface area contributed by atoms with Crippen molar-refractivity contribution in [3.63, 3.8) is 0 Å². The van der Waals surface area contributed by atoms with Gasteiger partial charge in [-0.3, -0.25) is 9.59 Å². The van der Waals surface area contributed by atoms with Crippen LogP contribution in [0.25, 0.3) is 0 Å². The van der Waals surface area contributed by atoms with E-state index in [-0.39, 0.29) is 17.2 Å². The third-order valence-electron chi connectivity index (χ3n) is 2.15. The standard InChI is InChI=1S/C11H11Cl2NO3/c1-17-11(16)9(14)5-10(15)6-2-3-7(12)8(13)4-6/h2-4,9H,5,14H2,1H3. The van der Waals surface area contributed by atoms with E-state index in [0.29, 0.717) is 10.6 Å². The molecule has 0 heterocycles. The highest BCUT2D eigenvalue weighted by molar-refractivity contribution is 6.42. The summed E-state index contributed by atoms with van der Waals surface area (Å²) >= 11 is 11.5. The highest BCUT2D eigenvalue weighted by atomic mass is 35.5. The van der Waals surface area contributed by atoms with Crippen LogP contribution < -0.4 is 5.73 Å². The Labute approximate surface area is 109 Å². The molecule has 0 bridgehead atoms. The van der Waals surface area contributed by atoms with Crippen LogP contribution >= 0.6 is 23.2 Å². The molecule has 0 saturated carbocycles. The van der Waals surface area contributed by atoms with E-state index in [2.05, 4.69) is 4.74 Å². The van der Waals surface area contributed by atoms with Gasteiger partial charge in [-0.2, -0.15) is 0 Å². The highest BCUT2D eigenvalue weighted by Gasteiger charge is 2.19. The minimum absolute atomic E-state index is 0.134. The quantitative estimate of drug-likeness (QED) is 0.675. The molecule has 4 nitrogen and oxygen atoms in total. The van der Waals surface area contributed by atoms with Crippen molar-refractivity contribution in [1.82, 2.24) is 0 Å². The average molecular weight is 276 g/mol. The third-order valence-corrected chi connectivity index (χ3v) is 2.89. The number of hydrogen-bond acceptors (Lipinski definition) is 4. The molecule has 92 valence electrons. The van der Waals surface area contributed by atoms with E-state index in [0.717, 1.165) is 0 Å². The fourth-order valence-electron chi connectivity index (χ4n) is 1.22. The molecular formula is C11H11Cl2NO3. The third kappa shape index (κ3) is 3.70. The fourth-order valence-corrected chi connectivity index (χ4v) is 1.52. The zero-order valence-corrected chi connectivity index (χ0v) is 10.6. The maximum atomic E-state index is 11.7. The van der Waals surface area contributed by atoms with Gasteiger partial charge in [-0.05, 0) is 18.2 Å². The summed E-state index contributed by atoms with van der Waals surface area (Å²) in [7, 11) is 1.21. The molecule has 0 saturated heterocycles. The maximum absolute atomic E-state index is 11.7. The van der Waals surface area contributed by atoms with Crippen LogP contribution in [0.5, 0.6) is 0 Å². The molecule has 0 amide bonds. The number of rotatable bonds is 4. The summed E-state index contributed by atoms with van der Waals surface area (Å²) in [4.78, 5) is 22.8. The van der Waals surface area contributed by atoms with Crippen molar-refractivity contribution in [2.24, 2.45) is 5.73 Å². The summed E-state index contributed by atoms with van der Waals surface area (Å²) in [6.45, 7) is 0. The van der Waals surface area contributed by atoms with Crippen LogP contribution in [0.1, 0.15) is 16.8 Å². The van der Waals surface area contributed by atoms with Gasteiger partial charge in [-0.1, -0.05) is 23.2 Å². The van der Waals surface area contributed by atoms with Gasteiger partial charge in [0.1, 0.15) is 6.04 Å². The predicted octanol–water partition coefficient (Wildman–Crippen LogP) is 2.07. The Morgan fingerprint density at radius 1 is 1.35 bits per heavy atom. The lowest BCUT2D eigenvalue weighted by Crippen LogP contribution is -2.33. The monoisotopic (exact) mass is 275 g/mol. The van der Waals surface area contributed by atoms with Crippen LogP contribution in [0, 0.1) is 0 Å². The van der Waals surface area contributed by atoms with E-state index in [1.54, 1.807) is 0 Å². The smallest absolute Gasteiger partial charge is 0.323 e. The van der Waals surface area contributed by atoms with Crippen LogP contribution in [0.3, 0.4) is 0 Å². The molecule has 0 fully saturated rings. The molecule has 17 heavy (non-hydrogen) atoms. The number of halogens is 2. The minimum atomic E-state index is -0.970. The zero-order chi connectivity index (χ0) is 13.0. The molecule has 0 aliphatic rings. The number of hydrogen-bond donors (Lipinski definition) is 1. The lowest BCUT2D eigenvalue weighted by Gasteiger charge is -2.08. The Bertz CT molecular complexity index is 448. The fraction of sp³-hybridized carbons (Fsp3) is 0.273. The molecule has 2 N–H and O–H groups in total. The molecule has 1 aromatic carbocycles. The summed E-state index contributed by atoms with van der Waals surface area (Å²) < 4.78 is 4.43. The number of nitrogens with two attached hydrogens (primary N) is 1. The number of esters is 1. The van der Waals surface area contributed by atoms with Gasteiger partial charge in [0.15, 0.2) is 5.78 Å². The minimum Gasteiger partial charge on any atom is -0.468 e. The summed E-state index contributed by atoms with van der Waals surface area (Å²) in [6, 6.07) is 3.51. The second kappa shape index (κ2) is 6.00. The Morgan fingerprint density at radius 3 is 2.53 bits per heavy atom. The van der Waals surface area contributed by atoms with E-state index in [4.69, 9.17) is 28.9 Å². The van der Waals surface area contributed by atoms with Gasteiger partial charge < -0.3 is 10.5 Å². The number of methoxy groups -OCH3 is 1. The predicted molar refractivity (Wildman–Crippen MR) is 65.4 cm³/mol. The Hall–Kier alpha value is -1.10. The molecule has 6 heteroatoms. The lowest BCUT2D eigenvalue weighted by atomic mass is 10.0. The highest BCUT2D eigenvalue weighted by Crippen LogP contribution is 2.23. The topological polar surface area (TPSA) is 69.4 Å². The van der Waals surface area contributed by atoms with E-state index in [1.807, 2.05) is 0 Å². The molecule has 0 aliphatic carbocycles. The van der Waals surface area contributed by atoms with Crippen molar-refractivity contribution in [3.8, 4) is 0 Å². The lowest BCUT2D eigenvalue weighted by molar-refractivity contribution is -0.142. The first-order chi connectivity index (χ1) is 7.95. The Kier molecular flexibility index (Phi) is 4.93. The first kappa shape index (κ1) is 14.0. The number of carbonyl (C=O) groups excluding carboxylic acids is 2. The SMILES string of the molecule is COC(=O)C(N)CC(=O)c1ccc(Cl)c(Cl)c1. The largest absolute Gasteiger partial charge is 0.468 e. The molecule has 1 rings (SSSR count). The van der Waals surface area contributed by atoms with Gasteiger partial charge in [-0.25, -0.2) is 0 Å². The van der Waals surface area contributed by atoms with Gasteiger partial charge in [-0.15, -0.1) is 0 Å². The molecular weight excluding hydrogens is 265 g/mol. The molecule has 0 aliphatic heterocycles. The summed E-state index contributed by atoms with van der Waals surface area (Å²) in [6.07, 6.45) is -0.134. The molecule has 1 atom stereocenters. The molecule has 0 spiro atoms. The van der Waals surface area contributed by atoms with E-state index in [1.165, 1.54) is 25.3 Å². The van der Waals surface area contributed by atoms with Crippen molar-refractivity contribution in [2.45, 2.75) is 12.5 Å². The molecule has 1 unspecified atom stereocenters. The number of ketones is 1. The van der Waals surface area contributed by atoms with Crippen molar-refractivity contribution in [3.05, 3.63) is 33.8 Å². The van der Waals surface area contributed by atoms with E-state index < -0.39 is 12.0 Å². The first-order valence-corrected chi connectivity index (χ1v) is 5.53. The van der Waals surface area contributed by atoms with Crippen LogP contribution in [0.2, 0.25) is 10.0 Å². The van der Waals surface area contributed by atoms with Crippen LogP contribution in [-0.2, 0) is 9.53 Å². The van der Waals surface area contributed by atoms with Crippen LogP contribution in [0.15, 0.2) is 18.2 Å². The normalized spacial score (nSPS) is 12.0. The Morgan fingerprint density at radius 2 is 2.00 bits per heavy atom. The van der Waals surface area contributed by atoms with Crippen molar-refractivity contribution >= 4 is 35.0 Å². The maximum Gasteiger partial charge on any atom is 0.323 e. The van der Waals surface area contributed by atoms with E-state index in [9.17, 15) is 9.59 Å². The van der Waals surface area contributed by atoms with Crippen LogP contribution in [0.4, 0.5) is 0 Å². The number of benzene rings is 1. The average Bonchev–Trinajstić information content (AvgIpc) is 2.31. The summed E-state index contributed by atoms with van der Waals surface area (Å²) in [5.41, 5.74) is 5.84. The Balaban J connectivity index is 2.76. The van der Waals surface area contributed by atoms with E-state index >= 15 is 0 Å². The van der Waals surface area contributed by atoms with Gasteiger partial charge in [0, 0.05) is 12.0 Å². The molecule has 0 aromatic heterocycles. The van der Waals surface area contributed by atoms with Gasteiger partial charge in [0.05, 0.1) is 17.2 Å². The van der Waals surface area contributed by atoms with Gasteiger partial charge >= 0.3 is 5.97 Å². The molecule has 0 radical (unpaired) electrons. The number of ether oxygens (including phenoxy) is 1. The number of carbonyl (C=O) groups is 2. The first-order valence-electron chi connectivity index (χ1n) is 4.77. The van der Waals surface area contributed by atoms with Crippen molar-refractivity contribution in [1.29, 1.82) is 0 Å². The zero-order valence-electron chi connectivity index (χ0n) is 9.07. The van der Waals surface area contributed by atoms with Gasteiger partial charge in [0.2, 0.25) is 0 Å². The molecule has 1 aromatic rings.